The standard InChI is InChI=1S/C27H37N3O3S.C26H35N3O3S.CH4.FH/c1-4-30(19-20-13-15-29(2)16-14-20)25-10-6-21-5-9-24(17-23(21)18-25)28-27(31)22-7-11-26(12-8-22)34(3,32)33;1-3-29(18-19-12-14-27-15-13-19)24-9-5-20-4-8-23(16-22(20)17-24)28-26(30)21-6-10-25(11-7-21)33(2,31)32;;/h5,7-9,11-12,17,20,25H,4,6,10,13-16,18-19H2,1-3H3,(H,28,31);4,6-8,10-11,16,19,24,27H,3,5,9,12-15,17-18H2,1-2H3,(H,28,30);1H4;1H/i/hT. The smallest absolute Gasteiger partial charge is 0.269 e. The molecule has 0 bridgehead atoms. The molecule has 2 saturated heterocycles. The van der Waals surface area contributed by atoms with Gasteiger partial charge in [-0.2, -0.15) is 0 Å². The van der Waals surface area contributed by atoms with Crippen molar-refractivity contribution >= 4 is 42.9 Å². The van der Waals surface area contributed by atoms with Crippen LogP contribution < -0.4 is 16.0 Å². The first-order valence-corrected chi connectivity index (χ1v) is 28.2. The molecule has 3 N–H and O–H groups in total. The number of aryl methyl sites for hydroxylation is 2. The summed E-state index contributed by atoms with van der Waals surface area (Å²) < 4.78 is 59.6. The van der Waals surface area contributed by atoms with Crippen molar-refractivity contribution in [2.24, 2.45) is 11.8 Å². The molecule has 4 aliphatic rings. The normalized spacial score (nSPS) is 19.0. The molecule has 12 nitrogen and oxygen atoms in total. The lowest BCUT2D eigenvalue weighted by atomic mass is 9.86. The average molecular weight is 991 g/mol. The number of likely N-dealkylation sites (N-methyl/N-ethyl adjacent to an activating group) is 2. The number of hydrogen-bond acceptors (Lipinski definition) is 10. The van der Waals surface area contributed by atoms with Crippen molar-refractivity contribution in [2.75, 3.05) is 82.6 Å². The highest BCUT2D eigenvalue weighted by molar-refractivity contribution is 7.91. The molecule has 0 saturated carbocycles. The fourth-order valence-corrected chi connectivity index (χ4v) is 11.7. The van der Waals surface area contributed by atoms with E-state index in [9.17, 15) is 26.4 Å². The number of rotatable bonds is 14. The van der Waals surface area contributed by atoms with Gasteiger partial charge in [0.1, 0.15) is 0 Å². The minimum Gasteiger partial charge on any atom is -0.322 e. The van der Waals surface area contributed by atoms with E-state index in [-0.39, 0.29) is 29.0 Å². The van der Waals surface area contributed by atoms with Gasteiger partial charge >= 0.3 is 0 Å². The molecule has 2 amide bonds. The van der Waals surface area contributed by atoms with Gasteiger partial charge in [0, 0.05) is 60.2 Å². The fraction of sp³-hybridized carbons (Fsp3) is 0.519. The molecular formula is C54H77FN6O6S2. The number of carbonyl (C=O) groups is 2. The van der Waals surface area contributed by atoms with Gasteiger partial charge in [-0.15, -0.1) is 0 Å². The van der Waals surface area contributed by atoms with Crippen LogP contribution >= 0.6 is 0 Å². The first kappa shape index (κ1) is 53.8. The summed E-state index contributed by atoms with van der Waals surface area (Å²) in [5, 5.41) is 9.43. The van der Waals surface area contributed by atoms with Crippen molar-refractivity contribution in [1.82, 2.24) is 20.0 Å². The largest absolute Gasteiger partial charge is 0.322 e. The molecule has 0 aromatic heterocycles. The molecule has 2 heterocycles. The van der Waals surface area contributed by atoms with E-state index in [0.717, 1.165) is 87.6 Å². The summed E-state index contributed by atoms with van der Waals surface area (Å²) in [4.78, 5) is 33.6. The van der Waals surface area contributed by atoms with Crippen molar-refractivity contribution < 1.29 is 31.1 Å². The summed E-state index contributed by atoms with van der Waals surface area (Å²) >= 11 is 0. The van der Waals surface area contributed by atoms with Gasteiger partial charge in [-0.1, -0.05) is 33.4 Å². The van der Waals surface area contributed by atoms with Gasteiger partial charge in [-0.25, -0.2) is 16.8 Å². The molecule has 0 radical (unpaired) electrons. The van der Waals surface area contributed by atoms with Crippen LogP contribution in [0.5, 0.6) is 0 Å². The minimum atomic E-state index is -3.28. The van der Waals surface area contributed by atoms with Crippen molar-refractivity contribution in [1.29, 1.82) is 1.45 Å². The van der Waals surface area contributed by atoms with Crippen LogP contribution in [0.1, 0.15) is 103 Å². The van der Waals surface area contributed by atoms with E-state index in [1.54, 1.807) is 24.3 Å². The number of amides is 2. The molecule has 2 atom stereocenters. The molecule has 15 heteroatoms. The molecule has 2 fully saturated rings. The molecule has 2 unspecified atom stereocenters. The lowest BCUT2D eigenvalue weighted by Gasteiger charge is -2.38. The number of hydrogen-bond donors (Lipinski definition) is 3. The van der Waals surface area contributed by atoms with E-state index in [4.69, 9.17) is 4.72 Å². The van der Waals surface area contributed by atoms with Crippen molar-refractivity contribution in [3.05, 3.63) is 118 Å². The predicted octanol–water partition coefficient (Wildman–Crippen LogP) is 8.17. The Kier molecular flexibility index (Phi) is 19.5. The van der Waals surface area contributed by atoms with Gasteiger partial charge in [0.2, 0.25) is 0 Å². The number of benzene rings is 4. The summed E-state index contributed by atoms with van der Waals surface area (Å²) in [7, 11) is -4.34. The Morgan fingerprint density at radius 2 is 1.01 bits per heavy atom. The van der Waals surface area contributed by atoms with Gasteiger partial charge in [0.15, 0.2) is 19.7 Å². The second-order valence-corrected chi connectivity index (χ2v) is 23.4. The van der Waals surface area contributed by atoms with Gasteiger partial charge < -0.3 is 30.7 Å². The number of sulfone groups is 2. The number of piperidine rings is 2. The monoisotopic (exact) mass is 991 g/mol. The zero-order valence-corrected chi connectivity index (χ0v) is 42.2. The van der Waals surface area contributed by atoms with Gasteiger partial charge in [-0.05, 0) is 217 Å². The highest BCUT2D eigenvalue weighted by Crippen LogP contribution is 2.31. The molecule has 2 aliphatic carbocycles. The van der Waals surface area contributed by atoms with Crippen molar-refractivity contribution in [2.45, 2.75) is 107 Å². The maximum atomic E-state index is 12.7. The third kappa shape index (κ3) is 15.2. The third-order valence-electron chi connectivity index (χ3n) is 14.5. The van der Waals surface area contributed by atoms with E-state index in [1.165, 1.54) is 111 Å². The molecular weight excluding hydrogens is 912 g/mol. The Hall–Kier alpha value is -4.51. The first-order chi connectivity index (χ1) is 33.1. The molecule has 4 aromatic carbocycles. The summed E-state index contributed by atoms with van der Waals surface area (Å²) in [5.41, 5.74) is 7.85. The molecule has 378 valence electrons. The van der Waals surface area contributed by atoms with Crippen LogP contribution in [0, 0.1) is 11.8 Å². The number of nitrogens with zero attached hydrogens (tertiary/aromatic N) is 3. The predicted molar refractivity (Wildman–Crippen MR) is 279 cm³/mol. The summed E-state index contributed by atoms with van der Waals surface area (Å²) in [6, 6.07) is 25.7. The fourth-order valence-electron chi connectivity index (χ4n) is 10.4. The Balaban J connectivity index is 0.000000249. The number of fused-ring (bicyclic) bond motifs is 2. The molecule has 69 heavy (non-hydrogen) atoms. The highest BCUT2D eigenvalue weighted by atomic mass is 32.2. The zero-order chi connectivity index (χ0) is 49.7. The van der Waals surface area contributed by atoms with Crippen LogP contribution in [0.15, 0.2) is 94.7 Å². The lowest BCUT2D eigenvalue weighted by molar-refractivity contribution is 0.101. The number of anilines is 2. The Morgan fingerprint density at radius 1 is 0.623 bits per heavy atom. The van der Waals surface area contributed by atoms with Crippen LogP contribution in [0.25, 0.3) is 0 Å². The number of carbonyl (C=O) groups excluding carboxylic acids is 2. The van der Waals surface area contributed by atoms with Crippen molar-refractivity contribution in [3.8, 4) is 0 Å². The van der Waals surface area contributed by atoms with Gasteiger partial charge in [-0.3, -0.25) is 14.3 Å². The highest BCUT2D eigenvalue weighted by Gasteiger charge is 2.29. The zero-order valence-electron chi connectivity index (χ0n) is 41.6. The van der Waals surface area contributed by atoms with E-state index in [2.05, 4.69) is 77.3 Å². The molecule has 8 rings (SSSR count). The van der Waals surface area contributed by atoms with Crippen LogP contribution in [0.4, 0.5) is 16.1 Å². The lowest BCUT2D eigenvalue weighted by Crippen LogP contribution is -2.44. The van der Waals surface area contributed by atoms with E-state index < -0.39 is 19.7 Å². The second kappa shape index (κ2) is 25.0. The van der Waals surface area contributed by atoms with Crippen LogP contribution in [0.2, 0.25) is 0 Å². The van der Waals surface area contributed by atoms with E-state index in [0.29, 0.717) is 23.2 Å². The Labute approximate surface area is 413 Å². The van der Waals surface area contributed by atoms with Gasteiger partial charge in [0.25, 0.3) is 13.3 Å². The van der Waals surface area contributed by atoms with E-state index >= 15 is 0 Å². The molecule has 4 aromatic rings. The van der Waals surface area contributed by atoms with Crippen LogP contribution in [-0.4, -0.2) is 129 Å². The Morgan fingerprint density at radius 3 is 1.39 bits per heavy atom. The maximum Gasteiger partial charge on any atom is 0.269 e. The number of likely N-dealkylation sites (tertiary alicyclic amines) is 1. The second-order valence-electron chi connectivity index (χ2n) is 19.4. The van der Waals surface area contributed by atoms with Crippen LogP contribution in [-0.2, 0) is 45.4 Å². The molecule has 0 spiro atoms. The third-order valence-corrected chi connectivity index (χ3v) is 16.8. The summed E-state index contributed by atoms with van der Waals surface area (Å²) in [5.74, 6) is 1.11. The van der Waals surface area contributed by atoms with Crippen LogP contribution in [0.3, 0.4) is 0 Å². The quantitative estimate of drug-likeness (QED) is 0.113. The van der Waals surface area contributed by atoms with E-state index in [1.807, 2.05) is 12.1 Å². The number of nitrogens with one attached hydrogen (secondary N) is 3. The van der Waals surface area contributed by atoms with Crippen molar-refractivity contribution in [3.63, 3.8) is 0 Å². The van der Waals surface area contributed by atoms with Gasteiger partial charge in [0.05, 0.1) is 9.79 Å². The Bertz CT molecular complexity index is 2550. The number of halogens is 1. The first-order valence-electron chi connectivity index (χ1n) is 24.8. The minimum absolute atomic E-state index is 0. The SMILES string of the molecule is C.CCN(CC1CCN(C)CC1)C1CCc2ccc(NC(=O)c3ccc(S(C)(=O)=O)cc3)cc2C1.CCN(CC1CCNCC1)C1CCc2ccc(NC(=O)c3ccc(S(C)(=O)=O)cc3)cc2C1.[3H]F. The topological polar surface area (TPSA) is 148 Å². The maximum absolute atomic E-state index is 12.7. The summed E-state index contributed by atoms with van der Waals surface area (Å²) in [6.07, 6.45) is 14.0. The molecule has 2 aliphatic heterocycles. The average Bonchev–Trinajstić information content (AvgIpc) is 3.35. The summed E-state index contributed by atoms with van der Waals surface area (Å²) in [6.45, 7) is 13.7.